The van der Waals surface area contributed by atoms with Gasteiger partial charge in [0.05, 0.1) is 6.61 Å². The molecule has 15 heavy (non-hydrogen) atoms. The molecule has 0 aromatic heterocycles. The highest BCUT2D eigenvalue weighted by Gasteiger charge is 2.17. The first-order valence-corrected chi connectivity index (χ1v) is 4.81. The Balaban J connectivity index is 2.73. The van der Waals surface area contributed by atoms with Crippen LogP contribution in [0.4, 0.5) is 5.69 Å². The van der Waals surface area contributed by atoms with Crippen molar-refractivity contribution in [1.82, 2.24) is 0 Å². The number of anilines is 1. The molecule has 1 aromatic rings. The van der Waals surface area contributed by atoms with Crippen molar-refractivity contribution in [2.45, 2.75) is 13.0 Å². The Bertz CT molecular complexity index is 321. The molecule has 2 N–H and O–H groups in total. The number of ether oxygens (including phenoxy) is 1. The van der Waals surface area contributed by atoms with Crippen LogP contribution in [-0.2, 0) is 9.53 Å². The molecule has 4 nitrogen and oxygen atoms in total. The quantitative estimate of drug-likeness (QED) is 0.734. The van der Waals surface area contributed by atoms with Gasteiger partial charge in [-0.15, -0.1) is 0 Å². The summed E-state index contributed by atoms with van der Waals surface area (Å²) in [5.74, 6) is -0.616. The third-order valence-electron chi connectivity index (χ3n) is 2.02. The number of aliphatic hydroxyl groups is 1. The molecule has 0 saturated heterocycles. The van der Waals surface area contributed by atoms with E-state index >= 15 is 0 Å². The summed E-state index contributed by atoms with van der Waals surface area (Å²) in [6.45, 7) is 1.97. The van der Waals surface area contributed by atoms with E-state index in [0.29, 0.717) is 5.56 Å². The van der Waals surface area contributed by atoms with Crippen LogP contribution in [0.1, 0.15) is 18.6 Å². The lowest BCUT2D eigenvalue weighted by molar-refractivity contribution is -0.153. The maximum absolute atomic E-state index is 11.2. The van der Waals surface area contributed by atoms with E-state index in [1.165, 1.54) is 0 Å². The van der Waals surface area contributed by atoms with Crippen molar-refractivity contribution in [2.75, 3.05) is 19.0 Å². The Hall–Kier alpha value is -1.55. The fraction of sp³-hybridized carbons (Fsp3) is 0.364. The Labute approximate surface area is 88.9 Å². The summed E-state index contributed by atoms with van der Waals surface area (Å²) < 4.78 is 4.71. The van der Waals surface area contributed by atoms with E-state index < -0.39 is 12.1 Å². The lowest BCUT2D eigenvalue weighted by Crippen LogP contribution is -2.15. The fourth-order valence-corrected chi connectivity index (χ4v) is 1.19. The van der Waals surface area contributed by atoms with Crippen molar-refractivity contribution in [2.24, 2.45) is 0 Å². The summed E-state index contributed by atoms with van der Waals surface area (Å²) in [6, 6.07) is 6.95. The van der Waals surface area contributed by atoms with Crippen LogP contribution in [0.2, 0.25) is 0 Å². The van der Waals surface area contributed by atoms with Gasteiger partial charge in [0.2, 0.25) is 0 Å². The first-order chi connectivity index (χ1) is 7.19. The van der Waals surface area contributed by atoms with Gasteiger partial charge in [0.25, 0.3) is 0 Å². The molecule has 1 unspecified atom stereocenters. The zero-order valence-electron chi connectivity index (χ0n) is 8.86. The van der Waals surface area contributed by atoms with Gasteiger partial charge < -0.3 is 15.2 Å². The topological polar surface area (TPSA) is 58.6 Å². The molecule has 1 atom stereocenters. The first kappa shape index (κ1) is 11.5. The monoisotopic (exact) mass is 209 g/mol. The molecule has 82 valence electrons. The minimum Gasteiger partial charge on any atom is -0.464 e. The Morgan fingerprint density at radius 2 is 2.07 bits per heavy atom. The highest BCUT2D eigenvalue weighted by atomic mass is 16.5. The number of esters is 1. The second-order valence-corrected chi connectivity index (χ2v) is 3.03. The molecule has 0 heterocycles. The SMILES string of the molecule is CCOC(=O)C(O)c1ccc(NC)cc1. The number of rotatable bonds is 4. The lowest BCUT2D eigenvalue weighted by Gasteiger charge is -2.10. The van der Waals surface area contributed by atoms with Crippen molar-refractivity contribution in [3.63, 3.8) is 0 Å². The number of aliphatic hydroxyl groups excluding tert-OH is 1. The summed E-state index contributed by atoms with van der Waals surface area (Å²) in [5.41, 5.74) is 1.46. The average Bonchev–Trinajstić information content (AvgIpc) is 2.28. The Morgan fingerprint density at radius 1 is 1.47 bits per heavy atom. The van der Waals surface area contributed by atoms with Gasteiger partial charge in [0, 0.05) is 12.7 Å². The minimum atomic E-state index is -1.20. The van der Waals surface area contributed by atoms with Crippen LogP contribution in [0.3, 0.4) is 0 Å². The summed E-state index contributed by atoms with van der Waals surface area (Å²) in [4.78, 5) is 11.2. The second kappa shape index (κ2) is 5.36. The van der Waals surface area contributed by atoms with E-state index in [-0.39, 0.29) is 6.61 Å². The number of carbonyl (C=O) groups is 1. The molecule has 4 heteroatoms. The first-order valence-electron chi connectivity index (χ1n) is 4.81. The van der Waals surface area contributed by atoms with Crippen molar-refractivity contribution in [1.29, 1.82) is 0 Å². The van der Waals surface area contributed by atoms with Gasteiger partial charge in [-0.1, -0.05) is 12.1 Å². The smallest absolute Gasteiger partial charge is 0.339 e. The maximum Gasteiger partial charge on any atom is 0.339 e. The predicted molar refractivity (Wildman–Crippen MR) is 57.6 cm³/mol. The minimum absolute atomic E-state index is 0.268. The highest BCUT2D eigenvalue weighted by Crippen LogP contribution is 2.17. The van der Waals surface area contributed by atoms with Crippen molar-refractivity contribution >= 4 is 11.7 Å². The second-order valence-electron chi connectivity index (χ2n) is 3.03. The molecule has 1 rings (SSSR count). The van der Waals surface area contributed by atoms with Gasteiger partial charge in [-0.2, -0.15) is 0 Å². The molecule has 0 saturated carbocycles. The van der Waals surface area contributed by atoms with E-state index in [1.807, 2.05) is 0 Å². The zero-order valence-corrected chi connectivity index (χ0v) is 8.86. The fourth-order valence-electron chi connectivity index (χ4n) is 1.19. The Kier molecular flexibility index (Phi) is 4.12. The van der Waals surface area contributed by atoms with Crippen molar-refractivity contribution in [3.05, 3.63) is 29.8 Å². The van der Waals surface area contributed by atoms with Crippen LogP contribution >= 0.6 is 0 Å². The molecule has 0 aliphatic carbocycles. The molecular formula is C11H15NO3. The molecule has 0 spiro atoms. The number of benzene rings is 1. The molecular weight excluding hydrogens is 194 g/mol. The van der Waals surface area contributed by atoms with Gasteiger partial charge in [-0.25, -0.2) is 4.79 Å². The molecule has 0 bridgehead atoms. The van der Waals surface area contributed by atoms with E-state index in [9.17, 15) is 9.90 Å². The van der Waals surface area contributed by atoms with Crippen LogP contribution in [0.15, 0.2) is 24.3 Å². The van der Waals surface area contributed by atoms with Crippen LogP contribution in [-0.4, -0.2) is 24.7 Å². The predicted octanol–water partition coefficient (Wildman–Crippen LogP) is 1.32. The molecule has 0 aliphatic heterocycles. The summed E-state index contributed by atoms with van der Waals surface area (Å²) >= 11 is 0. The summed E-state index contributed by atoms with van der Waals surface area (Å²) in [7, 11) is 1.80. The maximum atomic E-state index is 11.2. The Morgan fingerprint density at radius 3 is 2.53 bits per heavy atom. The van der Waals surface area contributed by atoms with Gasteiger partial charge in [-0.05, 0) is 24.6 Å². The van der Waals surface area contributed by atoms with Gasteiger partial charge in [0.15, 0.2) is 6.10 Å². The molecule has 0 aliphatic rings. The van der Waals surface area contributed by atoms with Crippen LogP contribution in [0, 0.1) is 0 Å². The molecule has 0 radical (unpaired) electrons. The third kappa shape index (κ3) is 2.95. The summed E-state index contributed by atoms with van der Waals surface area (Å²) in [5, 5.41) is 12.5. The largest absolute Gasteiger partial charge is 0.464 e. The molecule has 1 aromatic carbocycles. The normalized spacial score (nSPS) is 11.9. The van der Waals surface area contributed by atoms with Crippen molar-refractivity contribution in [3.8, 4) is 0 Å². The van der Waals surface area contributed by atoms with E-state index in [4.69, 9.17) is 4.74 Å². The zero-order chi connectivity index (χ0) is 11.3. The van der Waals surface area contributed by atoms with Gasteiger partial charge >= 0.3 is 5.97 Å². The van der Waals surface area contributed by atoms with Crippen LogP contribution in [0.5, 0.6) is 0 Å². The van der Waals surface area contributed by atoms with Crippen LogP contribution < -0.4 is 5.32 Å². The standard InChI is InChI=1S/C11H15NO3/c1-3-15-11(14)10(13)8-4-6-9(12-2)7-5-8/h4-7,10,12-13H,3H2,1-2H3. The number of carbonyl (C=O) groups excluding carboxylic acids is 1. The summed E-state index contributed by atoms with van der Waals surface area (Å²) in [6.07, 6.45) is -1.20. The highest BCUT2D eigenvalue weighted by molar-refractivity contribution is 5.76. The van der Waals surface area contributed by atoms with E-state index in [2.05, 4.69) is 5.32 Å². The van der Waals surface area contributed by atoms with Gasteiger partial charge in [-0.3, -0.25) is 0 Å². The third-order valence-corrected chi connectivity index (χ3v) is 2.02. The van der Waals surface area contributed by atoms with Gasteiger partial charge in [0.1, 0.15) is 0 Å². The molecule has 0 fully saturated rings. The number of nitrogens with one attached hydrogen (secondary N) is 1. The number of hydrogen-bond donors (Lipinski definition) is 2. The molecule has 0 amide bonds. The van der Waals surface area contributed by atoms with Crippen molar-refractivity contribution < 1.29 is 14.6 Å². The lowest BCUT2D eigenvalue weighted by atomic mass is 10.1. The average molecular weight is 209 g/mol. The van der Waals surface area contributed by atoms with E-state index in [0.717, 1.165) is 5.69 Å². The number of hydrogen-bond acceptors (Lipinski definition) is 4. The van der Waals surface area contributed by atoms with E-state index in [1.54, 1.807) is 38.2 Å². The van der Waals surface area contributed by atoms with Crippen LogP contribution in [0.25, 0.3) is 0 Å².